The topological polar surface area (TPSA) is 66.9 Å². The molecule has 0 aliphatic rings. The van der Waals surface area contributed by atoms with Crippen molar-refractivity contribution in [3.05, 3.63) is 47.7 Å². The van der Waals surface area contributed by atoms with Crippen molar-refractivity contribution >= 4 is 17.4 Å². The zero-order chi connectivity index (χ0) is 16.7. The van der Waals surface area contributed by atoms with E-state index in [1.807, 2.05) is 12.1 Å². The number of hydrogen-bond acceptors (Lipinski definition) is 4. The summed E-state index contributed by atoms with van der Waals surface area (Å²) in [4.78, 5) is 11.9. The maximum Gasteiger partial charge on any atom is 0.271 e. The number of aromatic nitrogens is 2. The molecule has 5 nitrogen and oxygen atoms in total. The van der Waals surface area contributed by atoms with Gasteiger partial charge in [0, 0.05) is 12.2 Å². The van der Waals surface area contributed by atoms with Crippen LogP contribution in [0.15, 0.2) is 36.4 Å². The van der Waals surface area contributed by atoms with Gasteiger partial charge in [0.25, 0.3) is 5.91 Å². The molecule has 0 saturated carbocycles. The van der Waals surface area contributed by atoms with Crippen LogP contribution < -0.4 is 10.6 Å². The molecule has 0 atom stereocenters. The van der Waals surface area contributed by atoms with Gasteiger partial charge >= 0.3 is 0 Å². The number of carbonyl (C=O) groups is 1. The maximum absolute atomic E-state index is 11.9. The molecule has 2 rings (SSSR count). The molecule has 23 heavy (non-hydrogen) atoms. The first kappa shape index (κ1) is 16.9. The first-order valence-electron chi connectivity index (χ1n) is 8.06. The van der Waals surface area contributed by atoms with E-state index in [1.54, 1.807) is 12.1 Å². The Balaban J connectivity index is 1.91. The molecule has 0 spiro atoms. The van der Waals surface area contributed by atoms with Crippen LogP contribution in [0.5, 0.6) is 0 Å². The molecule has 122 valence electrons. The van der Waals surface area contributed by atoms with E-state index < -0.39 is 0 Å². The van der Waals surface area contributed by atoms with Gasteiger partial charge in [-0.3, -0.25) is 4.79 Å². The number of amides is 1. The highest BCUT2D eigenvalue weighted by Gasteiger charge is 2.08. The Bertz CT molecular complexity index is 620. The summed E-state index contributed by atoms with van der Waals surface area (Å²) >= 11 is 0. The largest absolute Gasteiger partial charge is 0.351 e. The minimum Gasteiger partial charge on any atom is -0.351 e. The highest BCUT2D eigenvalue weighted by Crippen LogP contribution is 2.15. The standard InChI is InChI=1S/C18H24N4O/c1-4-14-5-7-15(8-6-14)20-17-10-9-16(21-22-17)18(23)19-12-11-13(2)3/h5-10,13H,4,11-12H2,1-3H3,(H,19,23)(H,20,22). The fourth-order valence-corrected chi connectivity index (χ4v) is 2.06. The summed E-state index contributed by atoms with van der Waals surface area (Å²) in [5, 5.41) is 14.1. The van der Waals surface area contributed by atoms with Crippen LogP contribution in [0, 0.1) is 5.92 Å². The Morgan fingerprint density at radius 3 is 2.39 bits per heavy atom. The van der Waals surface area contributed by atoms with E-state index in [0.29, 0.717) is 24.0 Å². The number of rotatable bonds is 7. The Morgan fingerprint density at radius 2 is 1.83 bits per heavy atom. The van der Waals surface area contributed by atoms with Crippen LogP contribution in [0.2, 0.25) is 0 Å². The summed E-state index contributed by atoms with van der Waals surface area (Å²) in [6.07, 6.45) is 1.97. The molecular formula is C18H24N4O. The van der Waals surface area contributed by atoms with Gasteiger partial charge in [0.2, 0.25) is 0 Å². The summed E-state index contributed by atoms with van der Waals surface area (Å²) < 4.78 is 0. The number of nitrogens with zero attached hydrogens (tertiary/aromatic N) is 2. The molecule has 2 aromatic rings. The average molecular weight is 312 g/mol. The third kappa shape index (κ3) is 5.36. The first-order valence-corrected chi connectivity index (χ1v) is 8.06. The van der Waals surface area contributed by atoms with Crippen LogP contribution in [-0.2, 0) is 6.42 Å². The lowest BCUT2D eigenvalue weighted by molar-refractivity contribution is 0.0946. The molecule has 1 amide bonds. The summed E-state index contributed by atoms with van der Waals surface area (Å²) in [5.41, 5.74) is 2.57. The van der Waals surface area contributed by atoms with Crippen LogP contribution in [0.4, 0.5) is 11.5 Å². The lowest BCUT2D eigenvalue weighted by Gasteiger charge is -2.08. The number of nitrogens with one attached hydrogen (secondary N) is 2. The molecule has 0 saturated heterocycles. The van der Waals surface area contributed by atoms with Crippen molar-refractivity contribution < 1.29 is 4.79 Å². The van der Waals surface area contributed by atoms with Gasteiger partial charge in [-0.1, -0.05) is 32.9 Å². The Labute approximate surface area is 137 Å². The second-order valence-corrected chi connectivity index (χ2v) is 5.92. The fourth-order valence-electron chi connectivity index (χ4n) is 2.06. The SMILES string of the molecule is CCc1ccc(Nc2ccc(C(=O)NCCC(C)C)nn2)cc1. The van der Waals surface area contributed by atoms with Gasteiger partial charge in [0.1, 0.15) is 0 Å². The molecule has 1 aromatic heterocycles. The molecule has 2 N–H and O–H groups in total. The minimum atomic E-state index is -0.183. The zero-order valence-electron chi connectivity index (χ0n) is 14.0. The number of carbonyl (C=O) groups excluding carboxylic acids is 1. The average Bonchev–Trinajstić information content (AvgIpc) is 2.56. The molecule has 0 bridgehead atoms. The summed E-state index contributed by atoms with van der Waals surface area (Å²) in [5.74, 6) is 0.997. The lowest BCUT2D eigenvalue weighted by atomic mass is 10.1. The van der Waals surface area contributed by atoms with Crippen molar-refractivity contribution in [1.82, 2.24) is 15.5 Å². The second kappa shape index (κ2) is 8.27. The van der Waals surface area contributed by atoms with E-state index in [1.165, 1.54) is 5.56 Å². The zero-order valence-corrected chi connectivity index (χ0v) is 14.0. The van der Waals surface area contributed by atoms with Crippen molar-refractivity contribution in [2.24, 2.45) is 5.92 Å². The van der Waals surface area contributed by atoms with Gasteiger partial charge in [-0.25, -0.2) is 0 Å². The van der Waals surface area contributed by atoms with Crippen molar-refractivity contribution in [3.63, 3.8) is 0 Å². The Hall–Kier alpha value is -2.43. The Kier molecular flexibility index (Phi) is 6.09. The smallest absolute Gasteiger partial charge is 0.271 e. The summed E-state index contributed by atoms with van der Waals surface area (Å²) in [7, 11) is 0. The van der Waals surface area contributed by atoms with Crippen LogP contribution in [-0.4, -0.2) is 22.6 Å². The molecule has 1 aromatic carbocycles. The highest BCUT2D eigenvalue weighted by molar-refractivity contribution is 5.92. The third-order valence-electron chi connectivity index (χ3n) is 3.54. The summed E-state index contributed by atoms with van der Waals surface area (Å²) in [6, 6.07) is 11.6. The fraction of sp³-hybridized carbons (Fsp3) is 0.389. The van der Waals surface area contributed by atoms with E-state index in [9.17, 15) is 4.79 Å². The monoisotopic (exact) mass is 312 g/mol. The van der Waals surface area contributed by atoms with E-state index in [-0.39, 0.29) is 5.91 Å². The molecule has 5 heteroatoms. The number of hydrogen-bond donors (Lipinski definition) is 2. The molecule has 0 aliphatic heterocycles. The van der Waals surface area contributed by atoms with Gasteiger partial charge in [0.05, 0.1) is 0 Å². The molecule has 0 aliphatic carbocycles. The maximum atomic E-state index is 11.9. The van der Waals surface area contributed by atoms with E-state index in [0.717, 1.165) is 18.5 Å². The van der Waals surface area contributed by atoms with Gasteiger partial charge in [-0.2, -0.15) is 0 Å². The van der Waals surface area contributed by atoms with Crippen molar-refractivity contribution in [2.45, 2.75) is 33.6 Å². The molecular weight excluding hydrogens is 288 g/mol. The third-order valence-corrected chi connectivity index (χ3v) is 3.54. The van der Waals surface area contributed by atoms with Gasteiger partial charge in [0.15, 0.2) is 11.5 Å². The molecule has 0 fully saturated rings. The number of anilines is 2. The normalized spacial score (nSPS) is 10.6. The van der Waals surface area contributed by atoms with Crippen LogP contribution in [0.1, 0.15) is 43.2 Å². The van der Waals surface area contributed by atoms with E-state index in [2.05, 4.69) is 53.7 Å². The van der Waals surface area contributed by atoms with Gasteiger partial charge in [-0.05, 0) is 48.6 Å². The van der Waals surface area contributed by atoms with Crippen molar-refractivity contribution in [1.29, 1.82) is 0 Å². The molecule has 1 heterocycles. The predicted octanol–water partition coefficient (Wildman–Crippen LogP) is 3.56. The second-order valence-electron chi connectivity index (χ2n) is 5.92. The Morgan fingerprint density at radius 1 is 1.09 bits per heavy atom. The van der Waals surface area contributed by atoms with Crippen LogP contribution in [0.3, 0.4) is 0 Å². The molecule has 0 unspecified atom stereocenters. The molecule has 0 radical (unpaired) electrons. The lowest BCUT2D eigenvalue weighted by Crippen LogP contribution is -2.26. The van der Waals surface area contributed by atoms with Crippen LogP contribution >= 0.6 is 0 Å². The van der Waals surface area contributed by atoms with E-state index in [4.69, 9.17) is 0 Å². The summed E-state index contributed by atoms with van der Waals surface area (Å²) in [6.45, 7) is 7.03. The quantitative estimate of drug-likeness (QED) is 0.820. The van der Waals surface area contributed by atoms with Gasteiger partial charge < -0.3 is 10.6 Å². The predicted molar refractivity (Wildman–Crippen MR) is 92.9 cm³/mol. The van der Waals surface area contributed by atoms with Crippen molar-refractivity contribution in [3.8, 4) is 0 Å². The number of aryl methyl sites for hydroxylation is 1. The van der Waals surface area contributed by atoms with Crippen LogP contribution in [0.25, 0.3) is 0 Å². The number of benzene rings is 1. The van der Waals surface area contributed by atoms with Gasteiger partial charge in [-0.15, -0.1) is 10.2 Å². The van der Waals surface area contributed by atoms with Crippen molar-refractivity contribution in [2.75, 3.05) is 11.9 Å². The highest BCUT2D eigenvalue weighted by atomic mass is 16.1. The first-order chi connectivity index (χ1) is 11.1. The minimum absolute atomic E-state index is 0.183. The van der Waals surface area contributed by atoms with E-state index >= 15 is 0 Å².